The van der Waals surface area contributed by atoms with E-state index in [0.717, 1.165) is 31.9 Å². The highest BCUT2D eigenvalue weighted by atomic mass is 16.5. The third kappa shape index (κ3) is 4.89. The lowest BCUT2D eigenvalue weighted by Crippen LogP contribution is -2.36. The van der Waals surface area contributed by atoms with Crippen LogP contribution < -0.4 is 19.7 Å². The number of morpholine rings is 1. The van der Waals surface area contributed by atoms with E-state index in [4.69, 9.17) is 14.2 Å². The van der Waals surface area contributed by atoms with Gasteiger partial charge in [0.15, 0.2) is 18.1 Å². The van der Waals surface area contributed by atoms with Crippen molar-refractivity contribution in [3.05, 3.63) is 54.1 Å². The van der Waals surface area contributed by atoms with Crippen LogP contribution in [0.4, 0.5) is 5.69 Å². The van der Waals surface area contributed by atoms with E-state index in [1.54, 1.807) is 19.2 Å². The Kier molecular flexibility index (Phi) is 6.33. The van der Waals surface area contributed by atoms with Crippen LogP contribution in [-0.2, 0) is 16.1 Å². The van der Waals surface area contributed by atoms with Gasteiger partial charge >= 0.3 is 0 Å². The molecule has 6 nitrogen and oxygen atoms in total. The van der Waals surface area contributed by atoms with Crippen molar-refractivity contribution in [2.75, 3.05) is 44.9 Å². The molecule has 0 aromatic heterocycles. The minimum Gasteiger partial charge on any atom is -0.493 e. The fraction of sp³-hybridized carbons (Fsp3) is 0.350. The van der Waals surface area contributed by atoms with Crippen LogP contribution in [0.1, 0.15) is 5.56 Å². The van der Waals surface area contributed by atoms with Crippen LogP contribution in [-0.4, -0.2) is 45.9 Å². The number of hydrogen-bond acceptors (Lipinski definition) is 5. The molecule has 6 heteroatoms. The smallest absolute Gasteiger partial charge is 0.258 e. The maximum Gasteiger partial charge on any atom is 0.258 e. The molecule has 1 heterocycles. The van der Waals surface area contributed by atoms with E-state index in [1.165, 1.54) is 5.69 Å². The number of para-hydroxylation sites is 2. The number of rotatable bonds is 7. The van der Waals surface area contributed by atoms with Gasteiger partial charge in [0.2, 0.25) is 0 Å². The van der Waals surface area contributed by atoms with Gasteiger partial charge in [-0.2, -0.15) is 0 Å². The number of amides is 1. The first-order valence-corrected chi connectivity index (χ1v) is 8.70. The summed E-state index contributed by atoms with van der Waals surface area (Å²) < 4.78 is 16.1. The molecule has 0 radical (unpaired) electrons. The van der Waals surface area contributed by atoms with Crippen LogP contribution in [0.2, 0.25) is 0 Å². The van der Waals surface area contributed by atoms with E-state index in [9.17, 15) is 4.79 Å². The monoisotopic (exact) mass is 356 g/mol. The molecule has 1 N–H and O–H groups in total. The van der Waals surface area contributed by atoms with Crippen LogP contribution in [0.15, 0.2) is 48.5 Å². The molecular weight excluding hydrogens is 332 g/mol. The SMILES string of the molecule is COc1ccccc1OCC(=O)NCc1ccc(N2CCOCC2)cc1. The van der Waals surface area contributed by atoms with E-state index in [2.05, 4.69) is 22.3 Å². The van der Waals surface area contributed by atoms with Gasteiger partial charge < -0.3 is 24.4 Å². The summed E-state index contributed by atoms with van der Waals surface area (Å²) in [5.41, 5.74) is 2.23. The fourth-order valence-corrected chi connectivity index (χ4v) is 2.78. The standard InChI is InChI=1S/C20H24N2O4/c1-24-18-4-2-3-5-19(18)26-15-20(23)21-14-16-6-8-17(9-7-16)22-10-12-25-13-11-22/h2-9H,10-15H2,1H3,(H,21,23). The lowest BCUT2D eigenvalue weighted by molar-refractivity contribution is -0.123. The lowest BCUT2D eigenvalue weighted by Gasteiger charge is -2.28. The second-order valence-corrected chi connectivity index (χ2v) is 5.98. The number of carbonyl (C=O) groups is 1. The minimum atomic E-state index is -0.173. The summed E-state index contributed by atoms with van der Waals surface area (Å²) in [6, 6.07) is 15.5. The highest BCUT2D eigenvalue weighted by molar-refractivity contribution is 5.77. The second kappa shape index (κ2) is 9.10. The topological polar surface area (TPSA) is 60.0 Å². The number of methoxy groups -OCH3 is 1. The zero-order valence-corrected chi connectivity index (χ0v) is 14.9. The van der Waals surface area contributed by atoms with Crippen LogP contribution in [0.25, 0.3) is 0 Å². The summed E-state index contributed by atoms with van der Waals surface area (Å²) in [5, 5.41) is 2.87. The molecule has 26 heavy (non-hydrogen) atoms. The summed E-state index contributed by atoms with van der Waals surface area (Å²) in [4.78, 5) is 14.3. The van der Waals surface area contributed by atoms with Gasteiger partial charge in [-0.25, -0.2) is 0 Å². The summed E-state index contributed by atoms with van der Waals surface area (Å²) in [6.45, 7) is 3.78. The van der Waals surface area contributed by atoms with Gasteiger partial charge in [0, 0.05) is 25.3 Å². The fourth-order valence-electron chi connectivity index (χ4n) is 2.78. The highest BCUT2D eigenvalue weighted by Gasteiger charge is 2.11. The maximum atomic E-state index is 12.0. The van der Waals surface area contributed by atoms with Crippen LogP contribution >= 0.6 is 0 Å². The van der Waals surface area contributed by atoms with Crippen LogP contribution in [0.5, 0.6) is 11.5 Å². The molecule has 0 spiro atoms. The normalized spacial score (nSPS) is 14.0. The van der Waals surface area contributed by atoms with E-state index in [1.807, 2.05) is 24.3 Å². The van der Waals surface area contributed by atoms with E-state index >= 15 is 0 Å². The van der Waals surface area contributed by atoms with Gasteiger partial charge in [-0.05, 0) is 29.8 Å². The Morgan fingerprint density at radius 1 is 1.08 bits per heavy atom. The molecule has 1 saturated heterocycles. The Morgan fingerprint density at radius 2 is 1.77 bits per heavy atom. The van der Waals surface area contributed by atoms with Gasteiger partial charge in [-0.3, -0.25) is 4.79 Å². The number of hydrogen-bond donors (Lipinski definition) is 1. The Morgan fingerprint density at radius 3 is 2.46 bits per heavy atom. The summed E-state index contributed by atoms with van der Waals surface area (Å²) in [5.74, 6) is 0.993. The van der Waals surface area contributed by atoms with E-state index < -0.39 is 0 Å². The predicted molar refractivity (Wildman–Crippen MR) is 99.8 cm³/mol. The molecule has 1 fully saturated rings. The molecule has 3 rings (SSSR count). The highest BCUT2D eigenvalue weighted by Crippen LogP contribution is 2.25. The molecule has 0 unspecified atom stereocenters. The number of benzene rings is 2. The van der Waals surface area contributed by atoms with Gasteiger partial charge in [0.05, 0.1) is 20.3 Å². The molecule has 0 bridgehead atoms. The van der Waals surface area contributed by atoms with E-state index in [0.29, 0.717) is 18.0 Å². The number of nitrogens with zero attached hydrogens (tertiary/aromatic N) is 1. The number of nitrogens with one attached hydrogen (secondary N) is 1. The van der Waals surface area contributed by atoms with Crippen molar-refractivity contribution < 1.29 is 19.0 Å². The number of carbonyl (C=O) groups excluding carboxylic acids is 1. The molecular formula is C20H24N2O4. The quantitative estimate of drug-likeness (QED) is 0.824. The molecule has 0 saturated carbocycles. The first-order valence-electron chi connectivity index (χ1n) is 8.70. The summed E-state index contributed by atoms with van der Waals surface area (Å²) in [7, 11) is 1.57. The third-order valence-corrected chi connectivity index (χ3v) is 4.23. The molecule has 2 aromatic rings. The van der Waals surface area contributed by atoms with Crippen molar-refractivity contribution in [2.24, 2.45) is 0 Å². The summed E-state index contributed by atoms with van der Waals surface area (Å²) >= 11 is 0. The molecule has 1 aliphatic rings. The van der Waals surface area contributed by atoms with Gasteiger partial charge in [-0.1, -0.05) is 24.3 Å². The maximum absolute atomic E-state index is 12.0. The molecule has 0 atom stereocenters. The van der Waals surface area contributed by atoms with Crippen LogP contribution in [0, 0.1) is 0 Å². The number of ether oxygens (including phenoxy) is 3. The van der Waals surface area contributed by atoms with Crippen molar-refractivity contribution in [2.45, 2.75) is 6.54 Å². The Hall–Kier alpha value is -2.73. The average Bonchev–Trinajstić information content (AvgIpc) is 2.72. The zero-order chi connectivity index (χ0) is 18.2. The molecule has 2 aromatic carbocycles. The first kappa shape index (κ1) is 18.1. The lowest BCUT2D eigenvalue weighted by atomic mass is 10.2. The Labute approximate surface area is 153 Å². The van der Waals surface area contributed by atoms with Crippen LogP contribution in [0.3, 0.4) is 0 Å². The molecule has 138 valence electrons. The minimum absolute atomic E-state index is 0.0494. The number of anilines is 1. The molecule has 1 amide bonds. The van der Waals surface area contributed by atoms with Crippen molar-refractivity contribution in [1.29, 1.82) is 0 Å². The van der Waals surface area contributed by atoms with Crippen molar-refractivity contribution in [3.63, 3.8) is 0 Å². The first-order chi connectivity index (χ1) is 12.8. The second-order valence-electron chi connectivity index (χ2n) is 5.98. The van der Waals surface area contributed by atoms with Gasteiger partial charge in [-0.15, -0.1) is 0 Å². The molecule has 1 aliphatic heterocycles. The van der Waals surface area contributed by atoms with Crippen molar-refractivity contribution in [3.8, 4) is 11.5 Å². The largest absolute Gasteiger partial charge is 0.493 e. The van der Waals surface area contributed by atoms with Gasteiger partial charge in [0.25, 0.3) is 5.91 Å². The van der Waals surface area contributed by atoms with Crippen molar-refractivity contribution >= 4 is 11.6 Å². The summed E-state index contributed by atoms with van der Waals surface area (Å²) in [6.07, 6.45) is 0. The van der Waals surface area contributed by atoms with E-state index in [-0.39, 0.29) is 12.5 Å². The Balaban J connectivity index is 1.45. The third-order valence-electron chi connectivity index (χ3n) is 4.23. The molecule has 0 aliphatic carbocycles. The zero-order valence-electron chi connectivity index (χ0n) is 14.9. The van der Waals surface area contributed by atoms with Gasteiger partial charge in [0.1, 0.15) is 0 Å². The average molecular weight is 356 g/mol. The Bertz CT molecular complexity index is 712. The predicted octanol–water partition coefficient (Wildman–Crippen LogP) is 2.23. The van der Waals surface area contributed by atoms with Crippen molar-refractivity contribution in [1.82, 2.24) is 5.32 Å².